The number of epoxide rings is 1. The van der Waals surface area contributed by atoms with Gasteiger partial charge in [0, 0.05) is 24.5 Å². The molecule has 206 valence electrons. The van der Waals surface area contributed by atoms with Crippen molar-refractivity contribution in [1.29, 1.82) is 0 Å². The monoisotopic (exact) mass is 567 g/mol. The second-order valence-electron chi connectivity index (χ2n) is 9.91. The van der Waals surface area contributed by atoms with Gasteiger partial charge in [-0.15, -0.1) is 0 Å². The number of rotatable bonds is 3. The van der Waals surface area contributed by atoms with Gasteiger partial charge in [0.25, 0.3) is 0 Å². The fourth-order valence-corrected chi connectivity index (χ4v) is 6.14. The largest absolute Gasteiger partial charge is 0.416 e. The van der Waals surface area contributed by atoms with Gasteiger partial charge in [-0.1, -0.05) is 23.9 Å². The van der Waals surface area contributed by atoms with Gasteiger partial charge in [-0.25, -0.2) is 4.99 Å². The predicted molar refractivity (Wildman–Crippen MR) is 136 cm³/mol. The summed E-state index contributed by atoms with van der Waals surface area (Å²) in [5.74, 6) is 0. The van der Waals surface area contributed by atoms with Crippen molar-refractivity contribution in [2.75, 3.05) is 19.7 Å². The van der Waals surface area contributed by atoms with E-state index in [9.17, 15) is 26.3 Å². The molecule has 0 bridgehead atoms. The number of benzene rings is 2. The second kappa shape index (κ2) is 9.27. The number of aliphatic imine (C=N–C) groups is 1. The fourth-order valence-electron chi connectivity index (χ4n) is 4.94. The summed E-state index contributed by atoms with van der Waals surface area (Å²) in [5.41, 5.74) is 3.88. The number of hydrogen-bond acceptors (Lipinski definition) is 6. The van der Waals surface area contributed by atoms with E-state index in [4.69, 9.17) is 15.5 Å². The van der Waals surface area contributed by atoms with E-state index in [0.717, 1.165) is 47.6 Å². The summed E-state index contributed by atoms with van der Waals surface area (Å²) in [6.45, 7) is 1.79. The van der Waals surface area contributed by atoms with Gasteiger partial charge in [-0.3, -0.25) is 4.68 Å². The van der Waals surface area contributed by atoms with E-state index in [1.807, 2.05) is 18.2 Å². The highest BCUT2D eigenvalue weighted by atomic mass is 32.2. The molecule has 0 saturated carbocycles. The first-order valence-corrected chi connectivity index (χ1v) is 13.1. The minimum absolute atomic E-state index is 0.111. The number of amidine groups is 1. The van der Waals surface area contributed by atoms with E-state index >= 15 is 0 Å². The maximum Gasteiger partial charge on any atom is 0.416 e. The molecule has 0 amide bonds. The summed E-state index contributed by atoms with van der Waals surface area (Å²) in [6, 6.07) is 7.18. The molecule has 2 fully saturated rings. The zero-order chi connectivity index (χ0) is 27.6. The molecule has 3 aliphatic rings. The number of piperidine rings is 1. The number of nitrogens with two attached hydrogens (primary N) is 1. The zero-order valence-corrected chi connectivity index (χ0v) is 21.2. The van der Waals surface area contributed by atoms with Crippen LogP contribution in [0.25, 0.3) is 17.0 Å². The molecule has 2 atom stereocenters. The van der Waals surface area contributed by atoms with Crippen molar-refractivity contribution >= 4 is 33.9 Å². The van der Waals surface area contributed by atoms with Crippen LogP contribution in [-0.2, 0) is 23.6 Å². The molecule has 3 aliphatic heterocycles. The SMILES string of the molecule is N[C@H]1CCCN(C2=NC3(CO3)/C(=C/c3ccc4c(cnn4Cc4ccc(C(F)(F)F)cc4C(F)(F)F)c3)S2)C1. The Hall–Kier alpha value is -3.03. The first-order valence-electron chi connectivity index (χ1n) is 12.3. The summed E-state index contributed by atoms with van der Waals surface area (Å²) in [4.78, 5) is 7.95. The van der Waals surface area contributed by atoms with E-state index in [2.05, 4.69) is 10.00 Å². The molecule has 39 heavy (non-hydrogen) atoms. The molecule has 4 heterocycles. The van der Waals surface area contributed by atoms with Crippen molar-refractivity contribution in [3.63, 3.8) is 0 Å². The topological polar surface area (TPSA) is 72.0 Å². The standard InChI is InChI=1S/C26H23F6N5OS/c27-25(28,29)18-5-4-16(20(10-18)26(30,31)32)12-37-21-6-3-15(8-17(21)11-34-37)9-22-24(14-38-24)35-23(39-22)36-7-1-2-19(33)13-36/h3-6,8-11,19H,1-2,7,12-14,33H2/b22-9-/t19-,24?/m0/s1. The Balaban J connectivity index is 1.25. The predicted octanol–water partition coefficient (Wildman–Crippen LogP) is 5.72. The van der Waals surface area contributed by atoms with E-state index < -0.39 is 29.2 Å². The zero-order valence-electron chi connectivity index (χ0n) is 20.4. The minimum atomic E-state index is -4.95. The highest BCUT2D eigenvalue weighted by Gasteiger charge is 2.54. The van der Waals surface area contributed by atoms with Crippen molar-refractivity contribution in [3.05, 3.63) is 69.8 Å². The lowest BCUT2D eigenvalue weighted by Crippen LogP contribution is -2.44. The lowest BCUT2D eigenvalue weighted by atomic mass is 10.0. The number of alkyl halides is 6. The lowest BCUT2D eigenvalue weighted by Gasteiger charge is -2.31. The van der Waals surface area contributed by atoms with Crippen LogP contribution in [0.3, 0.4) is 0 Å². The summed E-state index contributed by atoms with van der Waals surface area (Å²) in [7, 11) is 0. The molecular weight excluding hydrogens is 544 g/mol. The molecule has 1 spiro atoms. The molecular formula is C26H23F6N5OS. The van der Waals surface area contributed by atoms with Crippen LogP contribution in [0.5, 0.6) is 0 Å². The highest BCUT2D eigenvalue weighted by Crippen LogP contribution is 2.50. The average molecular weight is 568 g/mol. The Bertz CT molecular complexity index is 1490. The Morgan fingerprint density at radius 2 is 1.90 bits per heavy atom. The van der Waals surface area contributed by atoms with Gasteiger partial charge < -0.3 is 15.4 Å². The molecule has 1 aromatic heterocycles. The van der Waals surface area contributed by atoms with Crippen molar-refractivity contribution in [3.8, 4) is 0 Å². The van der Waals surface area contributed by atoms with E-state index in [1.54, 1.807) is 17.8 Å². The summed E-state index contributed by atoms with van der Waals surface area (Å²) in [6.07, 6.45) is -4.33. The third kappa shape index (κ3) is 5.14. The molecule has 6 nitrogen and oxygen atoms in total. The van der Waals surface area contributed by atoms with Gasteiger partial charge in [0.05, 0.1) is 34.3 Å². The molecule has 6 rings (SSSR count). The van der Waals surface area contributed by atoms with E-state index in [1.165, 1.54) is 10.9 Å². The van der Waals surface area contributed by atoms with Crippen LogP contribution >= 0.6 is 11.8 Å². The molecule has 2 saturated heterocycles. The fraction of sp³-hybridized carbons (Fsp3) is 0.385. The van der Waals surface area contributed by atoms with Gasteiger partial charge in [0.15, 0.2) is 5.17 Å². The molecule has 0 radical (unpaired) electrons. The molecule has 2 N–H and O–H groups in total. The summed E-state index contributed by atoms with van der Waals surface area (Å²) in [5, 5.41) is 5.79. The van der Waals surface area contributed by atoms with Crippen molar-refractivity contribution < 1.29 is 31.1 Å². The number of thioether (sulfide) groups is 1. The highest BCUT2D eigenvalue weighted by molar-refractivity contribution is 8.17. The van der Waals surface area contributed by atoms with Gasteiger partial charge in [-0.05, 0) is 54.3 Å². The smallest absolute Gasteiger partial charge is 0.350 e. The van der Waals surface area contributed by atoms with Crippen LogP contribution in [0, 0.1) is 0 Å². The molecule has 3 aromatic rings. The Morgan fingerprint density at radius 3 is 2.59 bits per heavy atom. The number of aromatic nitrogens is 2. The van der Waals surface area contributed by atoms with Gasteiger partial charge in [0.1, 0.15) is 6.61 Å². The number of nitrogens with zero attached hydrogens (tertiary/aromatic N) is 4. The molecule has 13 heteroatoms. The van der Waals surface area contributed by atoms with E-state index in [-0.39, 0.29) is 24.2 Å². The average Bonchev–Trinajstić information content (AvgIpc) is 3.41. The Morgan fingerprint density at radius 1 is 1.10 bits per heavy atom. The summed E-state index contributed by atoms with van der Waals surface area (Å²) < 4.78 is 86.9. The Labute approximate surface area is 223 Å². The van der Waals surface area contributed by atoms with Crippen molar-refractivity contribution in [2.24, 2.45) is 10.7 Å². The maximum atomic E-state index is 13.6. The number of likely N-dealkylation sites (tertiary alicyclic amines) is 1. The number of fused-ring (bicyclic) bond motifs is 1. The third-order valence-corrected chi connectivity index (χ3v) is 8.22. The van der Waals surface area contributed by atoms with Crippen molar-refractivity contribution in [2.45, 2.75) is 43.5 Å². The van der Waals surface area contributed by atoms with Gasteiger partial charge in [0.2, 0.25) is 5.72 Å². The van der Waals surface area contributed by atoms with Gasteiger partial charge >= 0.3 is 12.4 Å². The van der Waals surface area contributed by atoms with Crippen LogP contribution < -0.4 is 5.73 Å². The third-order valence-electron chi connectivity index (χ3n) is 7.03. The van der Waals surface area contributed by atoms with E-state index in [0.29, 0.717) is 23.6 Å². The normalized spacial score (nSPS) is 24.7. The number of ether oxygens (including phenoxy) is 1. The number of hydrogen-bond donors (Lipinski definition) is 1. The summed E-state index contributed by atoms with van der Waals surface area (Å²) >= 11 is 1.55. The Kier molecular flexibility index (Phi) is 6.23. The van der Waals surface area contributed by atoms with Crippen LogP contribution in [0.4, 0.5) is 26.3 Å². The quantitative estimate of drug-likeness (QED) is 0.324. The minimum Gasteiger partial charge on any atom is -0.350 e. The van der Waals surface area contributed by atoms with Crippen LogP contribution in [0.1, 0.15) is 35.1 Å². The second-order valence-corrected chi connectivity index (χ2v) is 10.9. The maximum absolute atomic E-state index is 13.6. The van der Waals surface area contributed by atoms with Crippen LogP contribution in [-0.4, -0.2) is 51.3 Å². The molecule has 2 aromatic carbocycles. The lowest BCUT2D eigenvalue weighted by molar-refractivity contribution is -0.143. The first kappa shape index (κ1) is 26.2. The van der Waals surface area contributed by atoms with Crippen LogP contribution in [0.2, 0.25) is 0 Å². The van der Waals surface area contributed by atoms with Gasteiger partial charge in [-0.2, -0.15) is 31.4 Å². The first-order chi connectivity index (χ1) is 18.4. The number of halogens is 6. The molecule has 0 aliphatic carbocycles. The molecule has 1 unspecified atom stereocenters. The van der Waals surface area contributed by atoms with Crippen molar-refractivity contribution in [1.82, 2.24) is 14.7 Å². The van der Waals surface area contributed by atoms with Crippen LogP contribution in [0.15, 0.2) is 52.5 Å².